The molecule has 0 aromatic heterocycles. The van der Waals surface area contributed by atoms with Crippen LogP contribution in [-0.2, 0) is 9.59 Å². The van der Waals surface area contributed by atoms with Crippen molar-refractivity contribution in [1.82, 2.24) is 9.80 Å². The third-order valence-corrected chi connectivity index (χ3v) is 4.53. The molecular weight excluding hydrogens is 336 g/mol. The molecule has 1 aromatic rings. The van der Waals surface area contributed by atoms with Crippen LogP contribution in [0.1, 0.15) is 25.8 Å². The fourth-order valence-corrected chi connectivity index (χ4v) is 2.93. The van der Waals surface area contributed by atoms with Gasteiger partial charge in [-0.1, -0.05) is 13.8 Å². The van der Waals surface area contributed by atoms with Crippen molar-refractivity contribution >= 4 is 23.2 Å². The topological polar surface area (TPSA) is 95.8 Å². The lowest BCUT2D eigenvalue weighted by molar-refractivity contribution is -0.384. The predicted molar refractivity (Wildman–Crippen MR) is 98.9 cm³/mol. The molecule has 0 saturated carbocycles. The average molecular weight is 362 g/mol. The minimum Gasteiger partial charge on any atom is -0.340 e. The van der Waals surface area contributed by atoms with Gasteiger partial charge in [0.2, 0.25) is 11.8 Å². The molecule has 2 amide bonds. The number of carbonyl (C=O) groups is 2. The first-order valence-electron chi connectivity index (χ1n) is 8.84. The number of nitrogens with one attached hydrogen (secondary N) is 1. The predicted octanol–water partition coefficient (Wildman–Crippen LogP) is 2.03. The highest BCUT2D eigenvalue weighted by atomic mass is 16.6. The zero-order chi connectivity index (χ0) is 19.3. The number of hydrogen-bond donors (Lipinski definition) is 1. The third kappa shape index (κ3) is 5.26. The van der Waals surface area contributed by atoms with Crippen molar-refractivity contribution in [2.75, 3.05) is 38.0 Å². The highest BCUT2D eigenvalue weighted by Gasteiger charge is 2.23. The van der Waals surface area contributed by atoms with E-state index in [0.717, 1.165) is 13.1 Å². The molecule has 0 radical (unpaired) electrons. The number of carbonyl (C=O) groups excluding carboxylic acids is 2. The van der Waals surface area contributed by atoms with Crippen molar-refractivity contribution in [3.8, 4) is 0 Å². The molecule has 1 aliphatic rings. The molecule has 8 heteroatoms. The number of nitro groups is 1. The van der Waals surface area contributed by atoms with E-state index in [2.05, 4.69) is 10.2 Å². The number of benzene rings is 1. The van der Waals surface area contributed by atoms with E-state index in [1.807, 2.05) is 18.7 Å². The van der Waals surface area contributed by atoms with Crippen LogP contribution in [0.15, 0.2) is 18.2 Å². The molecule has 0 spiro atoms. The normalized spacial score (nSPS) is 15.2. The molecule has 1 heterocycles. The Hall–Kier alpha value is -2.48. The summed E-state index contributed by atoms with van der Waals surface area (Å²) in [5.74, 6) is 0.0657. The summed E-state index contributed by atoms with van der Waals surface area (Å²) in [6, 6.07) is 4.38. The maximum atomic E-state index is 12.2. The first-order chi connectivity index (χ1) is 12.3. The van der Waals surface area contributed by atoms with Crippen LogP contribution in [0.3, 0.4) is 0 Å². The van der Waals surface area contributed by atoms with E-state index in [9.17, 15) is 19.7 Å². The van der Waals surface area contributed by atoms with Crippen LogP contribution >= 0.6 is 0 Å². The zero-order valence-corrected chi connectivity index (χ0v) is 15.5. The summed E-state index contributed by atoms with van der Waals surface area (Å²) in [5.41, 5.74) is 1.26. The molecule has 2 rings (SSSR count). The first kappa shape index (κ1) is 19.8. The summed E-state index contributed by atoms with van der Waals surface area (Å²) in [6.07, 6.45) is 0.342. The summed E-state index contributed by atoms with van der Waals surface area (Å²) in [7, 11) is 0. The SMILES string of the molecule is Cc1cc([N+](=O)[O-])ccc1NC(=O)CCN1CCN(C(=O)C(C)C)CC1. The molecular formula is C18H26N4O4. The van der Waals surface area contributed by atoms with Gasteiger partial charge in [0.1, 0.15) is 0 Å². The van der Waals surface area contributed by atoms with Gasteiger partial charge >= 0.3 is 0 Å². The van der Waals surface area contributed by atoms with Gasteiger partial charge in [-0.3, -0.25) is 24.6 Å². The minimum absolute atomic E-state index is 0.00862. The molecule has 26 heavy (non-hydrogen) atoms. The van der Waals surface area contributed by atoms with Crippen LogP contribution in [-0.4, -0.2) is 59.3 Å². The van der Waals surface area contributed by atoms with E-state index in [0.29, 0.717) is 37.3 Å². The molecule has 142 valence electrons. The van der Waals surface area contributed by atoms with Crippen LogP contribution < -0.4 is 5.32 Å². The van der Waals surface area contributed by atoms with E-state index < -0.39 is 4.92 Å². The summed E-state index contributed by atoms with van der Waals surface area (Å²) in [5, 5.41) is 13.6. The monoisotopic (exact) mass is 362 g/mol. The minimum atomic E-state index is -0.456. The van der Waals surface area contributed by atoms with Crippen molar-refractivity contribution in [3.63, 3.8) is 0 Å². The standard InChI is InChI=1S/C18H26N4O4/c1-13(2)18(24)21-10-8-20(9-11-21)7-6-17(23)19-16-5-4-15(22(25)26)12-14(16)3/h4-5,12-13H,6-11H2,1-3H3,(H,19,23). The molecule has 1 aliphatic heterocycles. The van der Waals surface area contributed by atoms with Gasteiger partial charge in [-0.25, -0.2) is 0 Å². The average Bonchev–Trinajstić information content (AvgIpc) is 2.61. The first-order valence-corrected chi connectivity index (χ1v) is 8.84. The van der Waals surface area contributed by atoms with Gasteiger partial charge in [0.05, 0.1) is 4.92 Å². The Bertz CT molecular complexity index is 682. The Morgan fingerprint density at radius 3 is 2.42 bits per heavy atom. The number of rotatable bonds is 6. The largest absolute Gasteiger partial charge is 0.340 e. The zero-order valence-electron chi connectivity index (χ0n) is 15.5. The van der Waals surface area contributed by atoms with Crippen molar-refractivity contribution in [2.45, 2.75) is 27.2 Å². The third-order valence-electron chi connectivity index (χ3n) is 4.53. The number of non-ortho nitro benzene ring substituents is 1. The van der Waals surface area contributed by atoms with Crippen molar-refractivity contribution in [3.05, 3.63) is 33.9 Å². The van der Waals surface area contributed by atoms with Crippen LogP contribution in [0.2, 0.25) is 0 Å². The number of nitro benzene ring substituents is 1. The molecule has 0 unspecified atom stereocenters. The van der Waals surface area contributed by atoms with Crippen molar-refractivity contribution in [2.24, 2.45) is 5.92 Å². The van der Waals surface area contributed by atoms with E-state index in [1.165, 1.54) is 12.1 Å². The summed E-state index contributed by atoms with van der Waals surface area (Å²) in [6.45, 7) is 9.08. The van der Waals surface area contributed by atoms with Gasteiger partial charge in [-0.05, 0) is 18.6 Å². The molecule has 1 fully saturated rings. The molecule has 0 bridgehead atoms. The Balaban J connectivity index is 1.78. The lowest BCUT2D eigenvalue weighted by Crippen LogP contribution is -2.50. The van der Waals surface area contributed by atoms with E-state index >= 15 is 0 Å². The van der Waals surface area contributed by atoms with Crippen LogP contribution in [0, 0.1) is 23.0 Å². The Kier molecular flexibility index (Phi) is 6.68. The summed E-state index contributed by atoms with van der Waals surface area (Å²) in [4.78, 5) is 38.5. The van der Waals surface area contributed by atoms with Crippen LogP contribution in [0.25, 0.3) is 0 Å². The molecule has 1 N–H and O–H groups in total. The number of anilines is 1. The number of hydrogen-bond acceptors (Lipinski definition) is 5. The Morgan fingerprint density at radius 2 is 1.88 bits per heavy atom. The lowest BCUT2D eigenvalue weighted by atomic mass is 10.1. The summed E-state index contributed by atoms with van der Waals surface area (Å²) < 4.78 is 0. The smallest absolute Gasteiger partial charge is 0.269 e. The second kappa shape index (κ2) is 8.75. The Morgan fingerprint density at radius 1 is 1.23 bits per heavy atom. The van der Waals surface area contributed by atoms with E-state index in [-0.39, 0.29) is 23.4 Å². The maximum Gasteiger partial charge on any atom is 0.269 e. The van der Waals surface area contributed by atoms with Gasteiger partial charge in [-0.15, -0.1) is 0 Å². The van der Waals surface area contributed by atoms with Gasteiger partial charge in [0, 0.05) is 62.9 Å². The van der Waals surface area contributed by atoms with Gasteiger partial charge in [-0.2, -0.15) is 0 Å². The van der Waals surface area contributed by atoms with Crippen molar-refractivity contribution in [1.29, 1.82) is 0 Å². The quantitative estimate of drug-likeness (QED) is 0.617. The van der Waals surface area contributed by atoms with Crippen molar-refractivity contribution < 1.29 is 14.5 Å². The van der Waals surface area contributed by atoms with E-state index in [4.69, 9.17) is 0 Å². The molecule has 0 aliphatic carbocycles. The number of amides is 2. The second-order valence-corrected chi connectivity index (χ2v) is 6.88. The highest BCUT2D eigenvalue weighted by molar-refractivity contribution is 5.91. The number of aryl methyl sites for hydroxylation is 1. The fraction of sp³-hybridized carbons (Fsp3) is 0.556. The second-order valence-electron chi connectivity index (χ2n) is 6.88. The fourth-order valence-electron chi connectivity index (χ4n) is 2.93. The molecule has 0 atom stereocenters. The van der Waals surface area contributed by atoms with Gasteiger partial charge < -0.3 is 10.2 Å². The molecule has 8 nitrogen and oxygen atoms in total. The van der Waals surface area contributed by atoms with Gasteiger partial charge in [0.15, 0.2) is 0 Å². The summed E-state index contributed by atoms with van der Waals surface area (Å²) >= 11 is 0. The van der Waals surface area contributed by atoms with Gasteiger partial charge in [0.25, 0.3) is 5.69 Å². The highest BCUT2D eigenvalue weighted by Crippen LogP contribution is 2.21. The molecule has 1 aromatic carbocycles. The lowest BCUT2D eigenvalue weighted by Gasteiger charge is -2.35. The maximum absolute atomic E-state index is 12.2. The van der Waals surface area contributed by atoms with Crippen LogP contribution in [0.4, 0.5) is 11.4 Å². The molecule has 1 saturated heterocycles. The number of piperazine rings is 1. The van der Waals surface area contributed by atoms with E-state index in [1.54, 1.807) is 13.0 Å². The van der Waals surface area contributed by atoms with Crippen LogP contribution in [0.5, 0.6) is 0 Å². The Labute approximate surface area is 153 Å². The number of nitrogens with zero attached hydrogens (tertiary/aromatic N) is 3.